The molecule has 18 heavy (non-hydrogen) atoms. The highest BCUT2D eigenvalue weighted by Crippen LogP contribution is 2.43. The van der Waals surface area contributed by atoms with Crippen LogP contribution < -0.4 is 5.32 Å². The first-order valence-electron chi connectivity index (χ1n) is 6.18. The van der Waals surface area contributed by atoms with Crippen molar-refractivity contribution in [2.45, 2.75) is 24.0 Å². The molecule has 0 aliphatic carbocycles. The number of hydrogen-bond acceptors (Lipinski definition) is 6. The molecule has 1 aliphatic rings. The van der Waals surface area contributed by atoms with E-state index in [0.717, 1.165) is 25.4 Å². The van der Waals surface area contributed by atoms with E-state index in [1.165, 1.54) is 16.5 Å². The van der Waals surface area contributed by atoms with Crippen LogP contribution in [0.1, 0.15) is 22.9 Å². The van der Waals surface area contributed by atoms with E-state index in [9.17, 15) is 0 Å². The Hall–Kier alpha value is 0.250. The van der Waals surface area contributed by atoms with Gasteiger partial charge < -0.3 is 10.1 Å². The van der Waals surface area contributed by atoms with Crippen molar-refractivity contribution < 1.29 is 4.74 Å². The third-order valence-corrected chi connectivity index (χ3v) is 7.01. The molecule has 0 amide bonds. The Morgan fingerprint density at radius 3 is 3.06 bits per heavy atom. The van der Waals surface area contributed by atoms with E-state index in [1.807, 2.05) is 11.3 Å². The van der Waals surface area contributed by atoms with E-state index in [1.54, 1.807) is 7.11 Å². The summed E-state index contributed by atoms with van der Waals surface area (Å²) in [7, 11) is 1.72. The molecule has 0 radical (unpaired) electrons. The predicted octanol–water partition coefficient (Wildman–Crippen LogP) is 2.79. The molecule has 0 saturated carbocycles. The van der Waals surface area contributed by atoms with Crippen LogP contribution in [-0.2, 0) is 11.3 Å². The first-order valence-corrected chi connectivity index (χ1v) is 9.16. The SMILES string of the molecule is COCCNCc1csc(C2SCCSC2C)n1. The van der Waals surface area contributed by atoms with Crippen molar-refractivity contribution in [3.8, 4) is 0 Å². The Labute approximate surface area is 121 Å². The van der Waals surface area contributed by atoms with Crippen LogP contribution in [0.25, 0.3) is 0 Å². The number of thiazole rings is 1. The van der Waals surface area contributed by atoms with Gasteiger partial charge in [-0.25, -0.2) is 4.98 Å². The second kappa shape index (κ2) is 7.75. The minimum Gasteiger partial charge on any atom is -0.383 e. The van der Waals surface area contributed by atoms with E-state index in [4.69, 9.17) is 9.72 Å². The zero-order chi connectivity index (χ0) is 12.8. The molecule has 102 valence electrons. The molecule has 6 heteroatoms. The van der Waals surface area contributed by atoms with E-state index in [0.29, 0.717) is 10.5 Å². The van der Waals surface area contributed by atoms with Gasteiger partial charge in [0.2, 0.25) is 0 Å². The van der Waals surface area contributed by atoms with Gasteiger partial charge in [0.15, 0.2) is 0 Å². The molecule has 1 N–H and O–H groups in total. The van der Waals surface area contributed by atoms with Gasteiger partial charge in [-0.15, -0.1) is 23.1 Å². The summed E-state index contributed by atoms with van der Waals surface area (Å²) in [6.07, 6.45) is 0. The van der Waals surface area contributed by atoms with Crippen molar-refractivity contribution in [2.24, 2.45) is 0 Å². The molecule has 1 aromatic heterocycles. The van der Waals surface area contributed by atoms with Gasteiger partial charge in [0.1, 0.15) is 5.01 Å². The summed E-state index contributed by atoms with van der Waals surface area (Å²) in [5.41, 5.74) is 1.16. The van der Waals surface area contributed by atoms with Crippen molar-refractivity contribution in [2.75, 3.05) is 31.8 Å². The number of nitrogens with one attached hydrogen (secondary N) is 1. The van der Waals surface area contributed by atoms with Crippen LogP contribution in [0.2, 0.25) is 0 Å². The molecule has 1 aromatic rings. The van der Waals surface area contributed by atoms with Crippen molar-refractivity contribution in [3.05, 3.63) is 16.1 Å². The number of thioether (sulfide) groups is 2. The first-order chi connectivity index (χ1) is 8.81. The maximum atomic E-state index is 5.01. The first kappa shape index (κ1) is 14.7. The third kappa shape index (κ3) is 4.13. The summed E-state index contributed by atoms with van der Waals surface area (Å²) < 4.78 is 5.01. The fraction of sp³-hybridized carbons (Fsp3) is 0.750. The van der Waals surface area contributed by atoms with Crippen LogP contribution in [0.5, 0.6) is 0 Å². The second-order valence-electron chi connectivity index (χ2n) is 4.21. The minimum atomic E-state index is 0.585. The fourth-order valence-electron chi connectivity index (χ4n) is 1.83. The Kier molecular flexibility index (Phi) is 6.31. The van der Waals surface area contributed by atoms with Crippen molar-refractivity contribution in [1.82, 2.24) is 10.3 Å². The third-order valence-electron chi connectivity index (χ3n) is 2.79. The zero-order valence-electron chi connectivity index (χ0n) is 10.8. The highest BCUT2D eigenvalue weighted by Gasteiger charge is 2.26. The normalized spacial score (nSPS) is 24.3. The van der Waals surface area contributed by atoms with E-state index in [2.05, 4.69) is 41.1 Å². The fourth-order valence-corrected chi connectivity index (χ4v) is 5.82. The lowest BCUT2D eigenvalue weighted by atomic mass is 10.3. The van der Waals surface area contributed by atoms with E-state index >= 15 is 0 Å². The van der Waals surface area contributed by atoms with Crippen LogP contribution >= 0.6 is 34.9 Å². The summed E-state index contributed by atoms with van der Waals surface area (Å²) in [5, 5.41) is 8.08. The molecule has 0 bridgehead atoms. The standard InChI is InChI=1S/C12H20N2OS3/c1-9-11(17-6-5-16-9)12-14-10(8-18-12)7-13-3-4-15-2/h8-9,11,13H,3-7H2,1-2H3. The lowest BCUT2D eigenvalue weighted by Crippen LogP contribution is -2.19. The van der Waals surface area contributed by atoms with Gasteiger partial charge in [-0.2, -0.15) is 11.8 Å². The van der Waals surface area contributed by atoms with Gasteiger partial charge in [0.05, 0.1) is 17.6 Å². The lowest BCUT2D eigenvalue weighted by Gasteiger charge is -2.25. The van der Waals surface area contributed by atoms with Gasteiger partial charge in [0, 0.05) is 42.3 Å². The molecular formula is C12H20N2OS3. The van der Waals surface area contributed by atoms with Crippen LogP contribution in [0.4, 0.5) is 0 Å². The number of aromatic nitrogens is 1. The van der Waals surface area contributed by atoms with Gasteiger partial charge in [-0.1, -0.05) is 6.92 Å². The molecule has 1 saturated heterocycles. The van der Waals surface area contributed by atoms with Crippen LogP contribution in [0.15, 0.2) is 5.38 Å². The Balaban J connectivity index is 1.85. The average molecular weight is 305 g/mol. The van der Waals surface area contributed by atoms with E-state index in [-0.39, 0.29) is 0 Å². The second-order valence-corrected chi connectivity index (χ2v) is 7.84. The summed E-state index contributed by atoms with van der Waals surface area (Å²) in [4.78, 5) is 4.76. The number of ether oxygens (including phenoxy) is 1. The van der Waals surface area contributed by atoms with Crippen molar-refractivity contribution in [3.63, 3.8) is 0 Å². The molecule has 3 nitrogen and oxygen atoms in total. The molecule has 2 rings (SSSR count). The molecule has 2 heterocycles. The number of rotatable bonds is 6. The quantitative estimate of drug-likeness (QED) is 0.818. The summed E-state index contributed by atoms with van der Waals surface area (Å²) >= 11 is 5.93. The maximum Gasteiger partial charge on any atom is 0.107 e. The summed E-state index contributed by atoms with van der Waals surface area (Å²) in [6.45, 7) is 4.80. The smallest absolute Gasteiger partial charge is 0.107 e. The monoisotopic (exact) mass is 304 g/mol. The van der Waals surface area contributed by atoms with E-state index < -0.39 is 0 Å². The highest BCUT2D eigenvalue weighted by atomic mass is 32.2. The lowest BCUT2D eigenvalue weighted by molar-refractivity contribution is 0.199. The summed E-state index contributed by atoms with van der Waals surface area (Å²) in [5.74, 6) is 2.53. The Bertz CT molecular complexity index is 359. The largest absolute Gasteiger partial charge is 0.383 e. The molecule has 2 unspecified atom stereocenters. The van der Waals surface area contributed by atoms with Crippen molar-refractivity contribution >= 4 is 34.9 Å². The zero-order valence-corrected chi connectivity index (χ0v) is 13.3. The maximum absolute atomic E-state index is 5.01. The molecule has 0 aromatic carbocycles. The van der Waals surface area contributed by atoms with Crippen LogP contribution in [-0.4, -0.2) is 42.0 Å². The number of nitrogens with zero attached hydrogens (tertiary/aromatic N) is 1. The van der Waals surface area contributed by atoms with Gasteiger partial charge in [-0.05, 0) is 0 Å². The van der Waals surface area contributed by atoms with Crippen LogP contribution in [0, 0.1) is 0 Å². The predicted molar refractivity (Wildman–Crippen MR) is 82.8 cm³/mol. The highest BCUT2D eigenvalue weighted by molar-refractivity contribution is 8.06. The van der Waals surface area contributed by atoms with Crippen molar-refractivity contribution in [1.29, 1.82) is 0 Å². The summed E-state index contributed by atoms with van der Waals surface area (Å²) in [6, 6.07) is 0. The van der Waals surface area contributed by atoms with Gasteiger partial charge in [-0.3, -0.25) is 0 Å². The number of methoxy groups -OCH3 is 1. The molecule has 2 atom stereocenters. The topological polar surface area (TPSA) is 34.1 Å². The average Bonchev–Trinajstić information content (AvgIpc) is 2.84. The number of hydrogen-bond donors (Lipinski definition) is 1. The Morgan fingerprint density at radius 2 is 2.28 bits per heavy atom. The Morgan fingerprint density at radius 1 is 1.44 bits per heavy atom. The van der Waals surface area contributed by atoms with Gasteiger partial charge in [0.25, 0.3) is 0 Å². The molecular weight excluding hydrogens is 284 g/mol. The molecule has 1 aliphatic heterocycles. The van der Waals surface area contributed by atoms with Gasteiger partial charge >= 0.3 is 0 Å². The van der Waals surface area contributed by atoms with Crippen LogP contribution in [0.3, 0.4) is 0 Å². The molecule has 1 fully saturated rings. The minimum absolute atomic E-state index is 0.585. The molecule has 0 spiro atoms.